The fraction of sp³-hybridized carbons (Fsp3) is 0.400. The first-order valence-electron chi connectivity index (χ1n) is 6.64. The minimum absolute atomic E-state index is 0.0522. The van der Waals surface area contributed by atoms with Gasteiger partial charge in [0.1, 0.15) is 6.29 Å². The molecule has 4 heteroatoms. The van der Waals surface area contributed by atoms with Crippen molar-refractivity contribution in [2.75, 3.05) is 0 Å². The highest BCUT2D eigenvalue weighted by Crippen LogP contribution is 2.32. The van der Waals surface area contributed by atoms with Crippen molar-refractivity contribution in [2.45, 2.75) is 31.7 Å². The second-order valence-corrected chi connectivity index (χ2v) is 5.23. The van der Waals surface area contributed by atoms with Gasteiger partial charge in [-0.3, -0.25) is 14.5 Å². The number of hydrogen-bond donors (Lipinski definition) is 0. The summed E-state index contributed by atoms with van der Waals surface area (Å²) < 4.78 is 0. The molecule has 0 aromatic heterocycles. The lowest BCUT2D eigenvalue weighted by molar-refractivity contribution is -0.112. The van der Waals surface area contributed by atoms with Crippen LogP contribution in [0.4, 0.5) is 0 Å². The van der Waals surface area contributed by atoms with E-state index in [9.17, 15) is 14.4 Å². The monoisotopic (exact) mass is 257 g/mol. The predicted octanol–water partition coefficient (Wildman–Crippen LogP) is 2.04. The molecule has 1 aliphatic heterocycles. The molecule has 1 heterocycles. The molecule has 2 aliphatic rings. The molecule has 0 N–H and O–H groups in total. The SMILES string of the molecule is O=CC1CCC(N2C(=O)c3ccccc3C2=O)CC1. The number of carbonyl (C=O) groups excluding carboxylic acids is 3. The average molecular weight is 257 g/mol. The highest BCUT2D eigenvalue weighted by Gasteiger charge is 2.40. The minimum Gasteiger partial charge on any atom is -0.303 e. The van der Waals surface area contributed by atoms with Gasteiger partial charge in [-0.05, 0) is 37.8 Å². The Morgan fingerprint density at radius 2 is 1.47 bits per heavy atom. The molecule has 0 bridgehead atoms. The first kappa shape index (κ1) is 12.1. The number of nitrogens with zero attached hydrogens (tertiary/aromatic N) is 1. The molecule has 1 aliphatic carbocycles. The summed E-state index contributed by atoms with van der Waals surface area (Å²) in [5.74, 6) is -0.281. The molecule has 0 radical (unpaired) electrons. The average Bonchev–Trinajstić information content (AvgIpc) is 2.72. The lowest BCUT2D eigenvalue weighted by atomic mass is 9.86. The highest BCUT2D eigenvalue weighted by molar-refractivity contribution is 6.21. The van der Waals surface area contributed by atoms with E-state index in [1.54, 1.807) is 24.3 Å². The fourth-order valence-corrected chi connectivity index (χ4v) is 3.04. The van der Waals surface area contributed by atoms with E-state index in [4.69, 9.17) is 0 Å². The van der Waals surface area contributed by atoms with Crippen molar-refractivity contribution in [3.63, 3.8) is 0 Å². The smallest absolute Gasteiger partial charge is 0.261 e. The van der Waals surface area contributed by atoms with E-state index in [0.717, 1.165) is 32.0 Å². The molecular weight excluding hydrogens is 242 g/mol. The van der Waals surface area contributed by atoms with Crippen molar-refractivity contribution in [2.24, 2.45) is 5.92 Å². The van der Waals surface area contributed by atoms with Crippen molar-refractivity contribution in [1.82, 2.24) is 4.90 Å². The van der Waals surface area contributed by atoms with Gasteiger partial charge in [0.25, 0.3) is 11.8 Å². The first-order valence-corrected chi connectivity index (χ1v) is 6.64. The van der Waals surface area contributed by atoms with E-state index in [1.165, 1.54) is 4.90 Å². The van der Waals surface area contributed by atoms with E-state index in [1.807, 2.05) is 0 Å². The van der Waals surface area contributed by atoms with Crippen molar-refractivity contribution >= 4 is 18.1 Å². The van der Waals surface area contributed by atoms with Crippen LogP contribution in [0.5, 0.6) is 0 Å². The fourth-order valence-electron chi connectivity index (χ4n) is 3.04. The van der Waals surface area contributed by atoms with Gasteiger partial charge in [0.05, 0.1) is 11.1 Å². The Morgan fingerprint density at radius 3 is 1.95 bits per heavy atom. The minimum atomic E-state index is -0.185. The van der Waals surface area contributed by atoms with Crippen molar-refractivity contribution in [3.8, 4) is 0 Å². The van der Waals surface area contributed by atoms with Crippen LogP contribution in [0.15, 0.2) is 24.3 Å². The molecule has 2 amide bonds. The highest BCUT2D eigenvalue weighted by atomic mass is 16.2. The third kappa shape index (κ3) is 1.87. The zero-order valence-electron chi connectivity index (χ0n) is 10.5. The van der Waals surface area contributed by atoms with Crippen LogP contribution in [0, 0.1) is 5.92 Å². The number of rotatable bonds is 2. The lowest BCUT2D eigenvalue weighted by Gasteiger charge is -2.31. The molecule has 98 valence electrons. The van der Waals surface area contributed by atoms with Crippen LogP contribution in [0.3, 0.4) is 0 Å². The summed E-state index contributed by atoms with van der Waals surface area (Å²) in [5, 5.41) is 0. The molecule has 1 aromatic rings. The Bertz CT molecular complexity index is 509. The summed E-state index contributed by atoms with van der Waals surface area (Å²) in [4.78, 5) is 36.7. The van der Waals surface area contributed by atoms with Crippen LogP contribution in [0.1, 0.15) is 46.4 Å². The topological polar surface area (TPSA) is 54.5 Å². The number of aldehydes is 1. The zero-order valence-corrected chi connectivity index (χ0v) is 10.5. The van der Waals surface area contributed by atoms with Crippen molar-refractivity contribution in [1.29, 1.82) is 0 Å². The maximum atomic E-state index is 12.3. The second kappa shape index (κ2) is 4.61. The van der Waals surface area contributed by atoms with Gasteiger partial charge in [-0.25, -0.2) is 0 Å². The van der Waals surface area contributed by atoms with Gasteiger partial charge < -0.3 is 4.79 Å². The third-order valence-corrected chi connectivity index (χ3v) is 4.12. The second-order valence-electron chi connectivity index (χ2n) is 5.23. The normalized spacial score (nSPS) is 26.4. The molecule has 1 saturated carbocycles. The van der Waals surface area contributed by atoms with Gasteiger partial charge in [0, 0.05) is 12.0 Å². The van der Waals surface area contributed by atoms with Crippen LogP contribution in [0.25, 0.3) is 0 Å². The Kier molecular flexibility index (Phi) is 2.93. The summed E-state index contributed by atoms with van der Waals surface area (Å²) in [6.45, 7) is 0. The van der Waals surface area contributed by atoms with Gasteiger partial charge in [0.2, 0.25) is 0 Å². The Morgan fingerprint density at radius 1 is 0.947 bits per heavy atom. The Labute approximate surface area is 111 Å². The third-order valence-electron chi connectivity index (χ3n) is 4.12. The summed E-state index contributed by atoms with van der Waals surface area (Å²) in [6, 6.07) is 6.90. The number of hydrogen-bond acceptors (Lipinski definition) is 3. The van der Waals surface area contributed by atoms with Gasteiger partial charge in [0.15, 0.2) is 0 Å². The first-order chi connectivity index (χ1) is 9.22. The van der Waals surface area contributed by atoms with Crippen LogP contribution in [0.2, 0.25) is 0 Å². The van der Waals surface area contributed by atoms with Crippen LogP contribution in [-0.4, -0.2) is 29.0 Å². The van der Waals surface area contributed by atoms with Crippen LogP contribution >= 0.6 is 0 Å². The summed E-state index contributed by atoms with van der Waals surface area (Å²) in [7, 11) is 0. The van der Waals surface area contributed by atoms with Crippen LogP contribution < -0.4 is 0 Å². The maximum Gasteiger partial charge on any atom is 0.261 e. The number of carbonyl (C=O) groups is 3. The van der Waals surface area contributed by atoms with Crippen molar-refractivity contribution in [3.05, 3.63) is 35.4 Å². The zero-order chi connectivity index (χ0) is 13.4. The molecular formula is C15H15NO3. The molecule has 1 aromatic carbocycles. The number of amides is 2. The summed E-state index contributed by atoms with van der Waals surface area (Å²) >= 11 is 0. The molecule has 0 atom stereocenters. The lowest BCUT2D eigenvalue weighted by Crippen LogP contribution is -2.42. The summed E-state index contributed by atoms with van der Waals surface area (Å²) in [6.07, 6.45) is 3.98. The number of fused-ring (bicyclic) bond motifs is 1. The molecule has 19 heavy (non-hydrogen) atoms. The summed E-state index contributed by atoms with van der Waals surface area (Å²) in [5.41, 5.74) is 1.01. The molecule has 3 rings (SSSR count). The molecule has 1 fully saturated rings. The Hall–Kier alpha value is -1.97. The van der Waals surface area contributed by atoms with E-state index < -0.39 is 0 Å². The maximum absolute atomic E-state index is 12.3. The van der Waals surface area contributed by atoms with E-state index >= 15 is 0 Å². The molecule has 0 saturated heterocycles. The van der Waals surface area contributed by atoms with Gasteiger partial charge in [-0.15, -0.1) is 0 Å². The van der Waals surface area contributed by atoms with Gasteiger partial charge in [-0.2, -0.15) is 0 Å². The van der Waals surface area contributed by atoms with Gasteiger partial charge in [-0.1, -0.05) is 12.1 Å². The van der Waals surface area contributed by atoms with E-state index in [2.05, 4.69) is 0 Å². The standard InChI is InChI=1S/C15H15NO3/c17-9-10-5-7-11(8-6-10)16-14(18)12-3-1-2-4-13(12)15(16)19/h1-4,9-11H,5-8H2. The van der Waals surface area contributed by atoms with E-state index in [0.29, 0.717) is 11.1 Å². The quantitative estimate of drug-likeness (QED) is 0.601. The van der Waals surface area contributed by atoms with Crippen LogP contribution in [-0.2, 0) is 4.79 Å². The molecule has 0 spiro atoms. The number of benzene rings is 1. The van der Waals surface area contributed by atoms with Crippen molar-refractivity contribution < 1.29 is 14.4 Å². The Balaban J connectivity index is 1.83. The predicted molar refractivity (Wildman–Crippen MR) is 68.8 cm³/mol. The number of imide groups is 1. The van der Waals surface area contributed by atoms with Gasteiger partial charge >= 0.3 is 0 Å². The molecule has 4 nitrogen and oxygen atoms in total. The van der Waals surface area contributed by atoms with E-state index in [-0.39, 0.29) is 23.8 Å². The largest absolute Gasteiger partial charge is 0.303 e. The molecule has 0 unspecified atom stereocenters.